The second-order valence-electron chi connectivity index (χ2n) is 6.76. The van der Waals surface area contributed by atoms with Crippen LogP contribution in [0.1, 0.15) is 18.9 Å². The molecule has 1 saturated heterocycles. The maximum atomic E-state index is 10.7. The van der Waals surface area contributed by atoms with Gasteiger partial charge in [-0.3, -0.25) is 4.68 Å². The van der Waals surface area contributed by atoms with Gasteiger partial charge in [0.05, 0.1) is 17.9 Å². The van der Waals surface area contributed by atoms with Crippen LogP contribution in [0.25, 0.3) is 11.3 Å². The molecule has 2 aromatic heterocycles. The van der Waals surface area contributed by atoms with Crippen molar-refractivity contribution in [2.75, 3.05) is 38.1 Å². The molecule has 3 heterocycles. The molecule has 4 rings (SSSR count). The molecular weight excluding hydrogens is 304 g/mol. The molecule has 1 aliphatic heterocycles. The fourth-order valence-electron chi connectivity index (χ4n) is 3.29. The summed E-state index contributed by atoms with van der Waals surface area (Å²) in [6.07, 6.45) is 8.53. The zero-order chi connectivity index (χ0) is 16.5. The van der Waals surface area contributed by atoms with Gasteiger partial charge in [-0.05, 0) is 26.0 Å². The summed E-state index contributed by atoms with van der Waals surface area (Å²) < 4.78 is 1.97. The van der Waals surface area contributed by atoms with Crippen LogP contribution in [0, 0.1) is 5.92 Å². The van der Waals surface area contributed by atoms with Gasteiger partial charge in [-0.1, -0.05) is 0 Å². The van der Waals surface area contributed by atoms with Crippen LogP contribution < -0.4 is 4.90 Å². The van der Waals surface area contributed by atoms with Crippen molar-refractivity contribution < 1.29 is 4.79 Å². The lowest BCUT2D eigenvalue weighted by molar-refractivity contribution is -0.114. The van der Waals surface area contributed by atoms with Crippen LogP contribution in [0.15, 0.2) is 24.7 Å². The number of hydrogen-bond acceptors (Lipinski definition) is 6. The third-order valence-electron chi connectivity index (χ3n) is 5.04. The maximum Gasteiger partial charge on any atom is 0.225 e. The molecule has 1 saturated carbocycles. The van der Waals surface area contributed by atoms with Gasteiger partial charge in [-0.25, -0.2) is 9.97 Å². The van der Waals surface area contributed by atoms with E-state index in [9.17, 15) is 4.79 Å². The Morgan fingerprint density at radius 2 is 2.00 bits per heavy atom. The van der Waals surface area contributed by atoms with Gasteiger partial charge in [-0.15, -0.1) is 0 Å². The first-order valence-electron chi connectivity index (χ1n) is 8.49. The van der Waals surface area contributed by atoms with E-state index < -0.39 is 0 Å². The Balaban J connectivity index is 1.49. The molecule has 0 N–H and O–H groups in total. The summed E-state index contributed by atoms with van der Waals surface area (Å²) in [6, 6.07) is 2.27. The fraction of sp³-hybridized carbons (Fsp3) is 0.529. The Hall–Kier alpha value is -2.28. The van der Waals surface area contributed by atoms with Crippen molar-refractivity contribution in [3.05, 3.63) is 24.7 Å². The van der Waals surface area contributed by atoms with Crippen molar-refractivity contribution >= 4 is 12.2 Å². The SMILES string of the molecule is CN1CCN(c2nccc(-c3cnn(C4CC(C=O)C4)c3)n2)CC1. The Morgan fingerprint density at radius 1 is 1.21 bits per heavy atom. The molecule has 0 amide bonds. The summed E-state index contributed by atoms with van der Waals surface area (Å²) in [5.41, 5.74) is 1.90. The van der Waals surface area contributed by atoms with E-state index >= 15 is 0 Å². The molecule has 0 unspecified atom stereocenters. The zero-order valence-corrected chi connectivity index (χ0v) is 13.9. The van der Waals surface area contributed by atoms with Gasteiger partial charge in [-0.2, -0.15) is 5.10 Å². The molecule has 7 heteroatoms. The van der Waals surface area contributed by atoms with Crippen LogP contribution in [0.4, 0.5) is 5.95 Å². The number of hydrogen-bond donors (Lipinski definition) is 0. The largest absolute Gasteiger partial charge is 0.338 e. The van der Waals surface area contributed by atoms with Crippen molar-refractivity contribution in [1.82, 2.24) is 24.6 Å². The van der Waals surface area contributed by atoms with Crippen molar-refractivity contribution in [2.24, 2.45) is 5.92 Å². The van der Waals surface area contributed by atoms with E-state index in [0.717, 1.165) is 62.5 Å². The first-order chi connectivity index (χ1) is 11.7. The van der Waals surface area contributed by atoms with Gasteiger partial charge in [0, 0.05) is 50.1 Å². The summed E-state index contributed by atoms with van der Waals surface area (Å²) in [6.45, 7) is 3.97. The van der Waals surface area contributed by atoms with Crippen LogP contribution in [0.3, 0.4) is 0 Å². The number of piperazine rings is 1. The van der Waals surface area contributed by atoms with Crippen LogP contribution in [-0.4, -0.2) is 64.2 Å². The molecule has 0 atom stereocenters. The van der Waals surface area contributed by atoms with Gasteiger partial charge < -0.3 is 14.6 Å². The van der Waals surface area contributed by atoms with Crippen molar-refractivity contribution in [3.8, 4) is 11.3 Å². The van der Waals surface area contributed by atoms with Crippen molar-refractivity contribution in [1.29, 1.82) is 0 Å². The minimum atomic E-state index is 0.200. The number of rotatable bonds is 4. The predicted octanol–water partition coefficient (Wildman–Crippen LogP) is 1.24. The van der Waals surface area contributed by atoms with Crippen LogP contribution in [0.2, 0.25) is 0 Å². The molecule has 2 aromatic rings. The quantitative estimate of drug-likeness (QED) is 0.788. The van der Waals surface area contributed by atoms with E-state index in [1.54, 1.807) is 0 Å². The number of aromatic nitrogens is 4. The van der Waals surface area contributed by atoms with E-state index in [1.165, 1.54) is 0 Å². The Morgan fingerprint density at radius 3 is 2.75 bits per heavy atom. The lowest BCUT2D eigenvalue weighted by Crippen LogP contribution is -2.45. The molecule has 0 aromatic carbocycles. The van der Waals surface area contributed by atoms with Gasteiger partial charge in [0.2, 0.25) is 5.95 Å². The van der Waals surface area contributed by atoms with Gasteiger partial charge >= 0.3 is 0 Å². The van der Waals surface area contributed by atoms with Crippen molar-refractivity contribution in [2.45, 2.75) is 18.9 Å². The van der Waals surface area contributed by atoms with E-state index in [-0.39, 0.29) is 5.92 Å². The smallest absolute Gasteiger partial charge is 0.225 e. The average molecular weight is 326 g/mol. The normalized spacial score (nSPS) is 24.6. The summed E-state index contributed by atoms with van der Waals surface area (Å²) in [5.74, 6) is 0.989. The first-order valence-corrected chi connectivity index (χ1v) is 8.49. The Bertz CT molecular complexity index is 715. The van der Waals surface area contributed by atoms with Gasteiger partial charge in [0.15, 0.2) is 0 Å². The monoisotopic (exact) mass is 326 g/mol. The lowest BCUT2D eigenvalue weighted by Gasteiger charge is -2.32. The molecule has 24 heavy (non-hydrogen) atoms. The molecule has 2 aliphatic rings. The summed E-state index contributed by atoms with van der Waals surface area (Å²) in [5, 5.41) is 4.46. The summed E-state index contributed by atoms with van der Waals surface area (Å²) in [4.78, 5) is 24.5. The number of aldehydes is 1. The van der Waals surface area contributed by atoms with Crippen molar-refractivity contribution in [3.63, 3.8) is 0 Å². The highest BCUT2D eigenvalue weighted by atomic mass is 16.1. The minimum Gasteiger partial charge on any atom is -0.338 e. The Labute approximate surface area is 141 Å². The highest BCUT2D eigenvalue weighted by Gasteiger charge is 2.30. The van der Waals surface area contributed by atoms with E-state index in [4.69, 9.17) is 4.98 Å². The van der Waals surface area contributed by atoms with E-state index in [0.29, 0.717) is 6.04 Å². The lowest BCUT2D eigenvalue weighted by atomic mass is 9.81. The highest BCUT2D eigenvalue weighted by Crippen LogP contribution is 2.36. The molecule has 126 valence electrons. The molecule has 0 bridgehead atoms. The molecule has 0 spiro atoms. The number of nitrogens with zero attached hydrogens (tertiary/aromatic N) is 6. The highest BCUT2D eigenvalue weighted by molar-refractivity contribution is 5.58. The fourth-order valence-corrected chi connectivity index (χ4v) is 3.29. The second kappa shape index (κ2) is 6.32. The minimum absolute atomic E-state index is 0.200. The molecule has 0 radical (unpaired) electrons. The van der Waals surface area contributed by atoms with Crippen LogP contribution >= 0.6 is 0 Å². The van der Waals surface area contributed by atoms with Gasteiger partial charge in [0.1, 0.15) is 6.29 Å². The zero-order valence-electron chi connectivity index (χ0n) is 13.9. The average Bonchev–Trinajstić information content (AvgIpc) is 3.04. The number of likely N-dealkylation sites (N-methyl/N-ethyl adjacent to an activating group) is 1. The van der Waals surface area contributed by atoms with Crippen LogP contribution in [0.5, 0.6) is 0 Å². The number of anilines is 1. The topological polar surface area (TPSA) is 67.2 Å². The number of carbonyl (C=O) groups excluding carboxylic acids is 1. The van der Waals surface area contributed by atoms with E-state index in [1.807, 2.05) is 29.3 Å². The molecular formula is C17H22N6O. The molecule has 7 nitrogen and oxygen atoms in total. The summed E-state index contributed by atoms with van der Waals surface area (Å²) >= 11 is 0. The predicted molar refractivity (Wildman–Crippen MR) is 90.8 cm³/mol. The Kier molecular flexibility index (Phi) is 4.02. The van der Waals surface area contributed by atoms with E-state index in [2.05, 4.69) is 26.9 Å². The third-order valence-corrected chi connectivity index (χ3v) is 5.04. The first kappa shape index (κ1) is 15.3. The third kappa shape index (κ3) is 2.91. The number of carbonyl (C=O) groups is 1. The maximum absolute atomic E-state index is 10.7. The standard InChI is InChI=1S/C17H22N6O/c1-21-4-6-22(7-5-21)17-18-3-2-16(20-17)14-10-19-23(11-14)15-8-13(9-15)12-24/h2-3,10-13,15H,4-9H2,1H3. The van der Waals surface area contributed by atoms with Gasteiger partial charge in [0.25, 0.3) is 0 Å². The second-order valence-corrected chi connectivity index (χ2v) is 6.76. The molecule has 1 aliphatic carbocycles. The molecule has 2 fully saturated rings. The van der Waals surface area contributed by atoms with Crippen LogP contribution in [-0.2, 0) is 4.79 Å². The summed E-state index contributed by atoms with van der Waals surface area (Å²) in [7, 11) is 2.14.